The van der Waals surface area contributed by atoms with E-state index in [1.54, 1.807) is 0 Å². The third-order valence-electron chi connectivity index (χ3n) is 3.53. The second-order valence-corrected chi connectivity index (χ2v) is 5.32. The fourth-order valence-electron chi connectivity index (χ4n) is 2.25. The first-order valence-corrected chi connectivity index (χ1v) is 7.24. The van der Waals surface area contributed by atoms with Gasteiger partial charge in [-0.3, -0.25) is 0 Å². The van der Waals surface area contributed by atoms with Gasteiger partial charge in [-0.05, 0) is 35.6 Å². The molecule has 2 atom stereocenters. The van der Waals surface area contributed by atoms with Gasteiger partial charge in [-0.25, -0.2) is 0 Å². The molecule has 2 aromatic rings. The molecule has 0 spiro atoms. The molecule has 0 radical (unpaired) electrons. The molecule has 3 nitrogen and oxygen atoms in total. The summed E-state index contributed by atoms with van der Waals surface area (Å²) >= 11 is 0. The molecule has 0 fully saturated rings. The maximum Gasteiger partial charge on any atom is 0.119 e. The average molecular weight is 286 g/mol. The maximum atomic E-state index is 9.48. The van der Waals surface area contributed by atoms with Crippen LogP contribution in [0.4, 0.5) is 0 Å². The summed E-state index contributed by atoms with van der Waals surface area (Å²) in [5, 5.41) is 18.4. The largest absolute Gasteiger partial charge is 0.489 e. The normalized spacial score (nSPS) is 13.7. The standard InChI is InChI=1S/C18H22O3/c1-14(11-17(20)12-19)16-7-9-18(10-8-16)21-13-15-5-3-2-4-6-15/h2-10,14,17,19-20H,11-13H2,1H3. The third-order valence-corrected chi connectivity index (χ3v) is 3.53. The van der Waals surface area contributed by atoms with Crippen LogP contribution >= 0.6 is 0 Å². The zero-order valence-electron chi connectivity index (χ0n) is 12.3. The van der Waals surface area contributed by atoms with E-state index in [1.807, 2.05) is 61.5 Å². The smallest absolute Gasteiger partial charge is 0.119 e. The Hall–Kier alpha value is -1.84. The van der Waals surface area contributed by atoms with Gasteiger partial charge in [0.1, 0.15) is 12.4 Å². The molecule has 0 aliphatic rings. The van der Waals surface area contributed by atoms with Crippen LogP contribution in [0.3, 0.4) is 0 Å². The molecule has 0 aromatic heterocycles. The van der Waals surface area contributed by atoms with Gasteiger partial charge < -0.3 is 14.9 Å². The Morgan fingerprint density at radius 3 is 2.29 bits per heavy atom. The van der Waals surface area contributed by atoms with Crippen molar-refractivity contribution < 1.29 is 14.9 Å². The van der Waals surface area contributed by atoms with E-state index >= 15 is 0 Å². The number of benzene rings is 2. The lowest BCUT2D eigenvalue weighted by Crippen LogP contribution is -2.14. The molecule has 21 heavy (non-hydrogen) atoms. The summed E-state index contributed by atoms with van der Waals surface area (Å²) in [4.78, 5) is 0. The van der Waals surface area contributed by atoms with E-state index in [2.05, 4.69) is 0 Å². The minimum absolute atomic E-state index is 0.192. The molecule has 2 N–H and O–H groups in total. The Balaban J connectivity index is 1.89. The summed E-state index contributed by atoms with van der Waals surface area (Å²) in [6, 6.07) is 18.0. The van der Waals surface area contributed by atoms with Crippen molar-refractivity contribution in [1.82, 2.24) is 0 Å². The Kier molecular flexibility index (Phi) is 5.78. The Bertz CT molecular complexity index is 522. The van der Waals surface area contributed by atoms with Gasteiger partial charge >= 0.3 is 0 Å². The molecule has 0 heterocycles. The predicted molar refractivity (Wildman–Crippen MR) is 83.3 cm³/mol. The highest BCUT2D eigenvalue weighted by Crippen LogP contribution is 2.23. The average Bonchev–Trinajstić information content (AvgIpc) is 2.54. The highest BCUT2D eigenvalue weighted by atomic mass is 16.5. The van der Waals surface area contributed by atoms with Crippen LogP contribution in [0, 0.1) is 0 Å². The van der Waals surface area contributed by atoms with Crippen LogP contribution in [-0.4, -0.2) is 22.9 Å². The third kappa shape index (κ3) is 4.88. The minimum atomic E-state index is -0.658. The van der Waals surface area contributed by atoms with E-state index in [1.165, 1.54) is 0 Å². The summed E-state index contributed by atoms with van der Waals surface area (Å²) in [5.74, 6) is 1.04. The number of hydrogen-bond acceptors (Lipinski definition) is 3. The van der Waals surface area contributed by atoms with E-state index in [0.29, 0.717) is 13.0 Å². The highest BCUT2D eigenvalue weighted by molar-refractivity contribution is 5.29. The van der Waals surface area contributed by atoms with E-state index in [-0.39, 0.29) is 12.5 Å². The van der Waals surface area contributed by atoms with E-state index in [4.69, 9.17) is 9.84 Å². The van der Waals surface area contributed by atoms with Crippen LogP contribution in [0.15, 0.2) is 54.6 Å². The van der Waals surface area contributed by atoms with Crippen molar-refractivity contribution in [3.63, 3.8) is 0 Å². The quantitative estimate of drug-likeness (QED) is 0.822. The van der Waals surface area contributed by atoms with Gasteiger partial charge in [0.15, 0.2) is 0 Å². The van der Waals surface area contributed by atoms with Gasteiger partial charge in [-0.2, -0.15) is 0 Å². The fourth-order valence-corrected chi connectivity index (χ4v) is 2.25. The molecule has 2 rings (SSSR count). The summed E-state index contributed by atoms with van der Waals surface area (Å²) in [6.07, 6.45) is -0.102. The van der Waals surface area contributed by atoms with E-state index < -0.39 is 6.10 Å². The van der Waals surface area contributed by atoms with Crippen LogP contribution in [0.1, 0.15) is 30.4 Å². The monoisotopic (exact) mass is 286 g/mol. The maximum absolute atomic E-state index is 9.48. The molecule has 2 unspecified atom stereocenters. The first-order chi connectivity index (χ1) is 10.2. The Labute approximate surface area is 125 Å². The summed E-state index contributed by atoms with van der Waals surface area (Å²) in [5.41, 5.74) is 2.27. The van der Waals surface area contributed by atoms with Gasteiger partial charge in [0, 0.05) is 0 Å². The van der Waals surface area contributed by atoms with Crippen molar-refractivity contribution in [3.8, 4) is 5.75 Å². The number of aliphatic hydroxyl groups excluding tert-OH is 2. The molecule has 0 bridgehead atoms. The summed E-state index contributed by atoms with van der Waals surface area (Å²) in [6.45, 7) is 2.40. The minimum Gasteiger partial charge on any atom is -0.489 e. The lowest BCUT2D eigenvalue weighted by molar-refractivity contribution is 0.0835. The molecule has 0 amide bonds. The second kappa shape index (κ2) is 7.81. The number of hydrogen-bond donors (Lipinski definition) is 2. The summed E-state index contributed by atoms with van der Waals surface area (Å²) in [7, 11) is 0. The SMILES string of the molecule is CC(CC(O)CO)c1ccc(OCc2ccccc2)cc1. The molecule has 112 valence electrons. The molecule has 0 saturated carbocycles. The molecular formula is C18H22O3. The summed E-state index contributed by atoms with van der Waals surface area (Å²) < 4.78 is 5.74. The van der Waals surface area contributed by atoms with Crippen LogP contribution in [0.25, 0.3) is 0 Å². The van der Waals surface area contributed by atoms with Crippen molar-refractivity contribution in [2.75, 3.05) is 6.61 Å². The van der Waals surface area contributed by atoms with Crippen LogP contribution in [0.5, 0.6) is 5.75 Å². The van der Waals surface area contributed by atoms with Crippen molar-refractivity contribution in [3.05, 3.63) is 65.7 Å². The Morgan fingerprint density at radius 1 is 1.00 bits per heavy atom. The van der Waals surface area contributed by atoms with Gasteiger partial charge in [0.25, 0.3) is 0 Å². The second-order valence-electron chi connectivity index (χ2n) is 5.32. The number of ether oxygens (including phenoxy) is 1. The van der Waals surface area contributed by atoms with Gasteiger partial charge in [0.05, 0.1) is 12.7 Å². The van der Waals surface area contributed by atoms with E-state index in [0.717, 1.165) is 16.9 Å². The van der Waals surface area contributed by atoms with Crippen molar-refractivity contribution in [2.24, 2.45) is 0 Å². The first kappa shape index (κ1) is 15.5. The zero-order valence-corrected chi connectivity index (χ0v) is 12.3. The lowest BCUT2D eigenvalue weighted by atomic mass is 9.95. The van der Waals surface area contributed by atoms with Crippen molar-refractivity contribution in [2.45, 2.75) is 32.0 Å². The zero-order chi connectivity index (χ0) is 15.1. The topological polar surface area (TPSA) is 49.7 Å². The van der Waals surface area contributed by atoms with Crippen LogP contribution in [-0.2, 0) is 6.61 Å². The van der Waals surface area contributed by atoms with Crippen LogP contribution < -0.4 is 4.74 Å². The van der Waals surface area contributed by atoms with Gasteiger partial charge in [-0.15, -0.1) is 0 Å². The van der Waals surface area contributed by atoms with Gasteiger partial charge in [0.2, 0.25) is 0 Å². The van der Waals surface area contributed by atoms with Gasteiger partial charge in [-0.1, -0.05) is 49.4 Å². The first-order valence-electron chi connectivity index (χ1n) is 7.24. The molecule has 2 aromatic carbocycles. The molecular weight excluding hydrogens is 264 g/mol. The predicted octanol–water partition coefficient (Wildman–Crippen LogP) is 3.11. The Morgan fingerprint density at radius 2 is 1.67 bits per heavy atom. The number of rotatable bonds is 7. The lowest BCUT2D eigenvalue weighted by Gasteiger charge is -2.15. The molecule has 0 aliphatic carbocycles. The number of aliphatic hydroxyl groups is 2. The molecule has 3 heteroatoms. The van der Waals surface area contributed by atoms with Crippen LogP contribution in [0.2, 0.25) is 0 Å². The van der Waals surface area contributed by atoms with Crippen molar-refractivity contribution in [1.29, 1.82) is 0 Å². The molecule has 0 saturated heterocycles. The van der Waals surface area contributed by atoms with Crippen molar-refractivity contribution >= 4 is 0 Å². The van der Waals surface area contributed by atoms with E-state index in [9.17, 15) is 5.11 Å². The highest BCUT2D eigenvalue weighted by Gasteiger charge is 2.11. The fraction of sp³-hybridized carbons (Fsp3) is 0.333. The molecule has 0 aliphatic heterocycles.